The first-order chi connectivity index (χ1) is 6.88. The average Bonchev–Trinajstić information content (AvgIpc) is 2.72. The Balaban J connectivity index is 1.79. The SMILES string of the molecule is CNC1CCC(Cc2ccc[nH]2)CC1. The molecular formula is C12H20N2. The van der Waals surface area contributed by atoms with Gasteiger partial charge in [-0.2, -0.15) is 0 Å². The highest BCUT2D eigenvalue weighted by molar-refractivity contribution is 5.04. The minimum Gasteiger partial charge on any atom is -0.365 e. The molecule has 14 heavy (non-hydrogen) atoms. The molecule has 1 aromatic heterocycles. The van der Waals surface area contributed by atoms with E-state index < -0.39 is 0 Å². The van der Waals surface area contributed by atoms with Crippen molar-refractivity contribution in [2.75, 3.05) is 7.05 Å². The summed E-state index contributed by atoms with van der Waals surface area (Å²) >= 11 is 0. The first kappa shape index (κ1) is 9.78. The van der Waals surface area contributed by atoms with E-state index in [0.717, 1.165) is 12.0 Å². The molecule has 0 radical (unpaired) electrons. The molecule has 0 aromatic carbocycles. The molecule has 2 N–H and O–H groups in total. The van der Waals surface area contributed by atoms with E-state index in [0.29, 0.717) is 0 Å². The van der Waals surface area contributed by atoms with Crippen LogP contribution in [0.1, 0.15) is 31.4 Å². The summed E-state index contributed by atoms with van der Waals surface area (Å²) in [5, 5.41) is 3.38. The van der Waals surface area contributed by atoms with E-state index in [9.17, 15) is 0 Å². The summed E-state index contributed by atoms with van der Waals surface area (Å²) < 4.78 is 0. The van der Waals surface area contributed by atoms with Crippen LogP contribution in [-0.4, -0.2) is 18.1 Å². The normalized spacial score (nSPS) is 27.8. The van der Waals surface area contributed by atoms with Gasteiger partial charge in [0.05, 0.1) is 0 Å². The first-order valence-electron chi connectivity index (χ1n) is 5.68. The van der Waals surface area contributed by atoms with Gasteiger partial charge in [-0.1, -0.05) is 0 Å². The first-order valence-corrected chi connectivity index (χ1v) is 5.68. The number of rotatable bonds is 3. The van der Waals surface area contributed by atoms with Crippen molar-refractivity contribution in [2.45, 2.75) is 38.1 Å². The minimum atomic E-state index is 0.773. The van der Waals surface area contributed by atoms with Crippen LogP contribution in [0, 0.1) is 5.92 Å². The molecule has 1 aliphatic carbocycles. The van der Waals surface area contributed by atoms with Gasteiger partial charge in [-0.3, -0.25) is 0 Å². The van der Waals surface area contributed by atoms with E-state index >= 15 is 0 Å². The van der Waals surface area contributed by atoms with Gasteiger partial charge in [0.25, 0.3) is 0 Å². The van der Waals surface area contributed by atoms with Gasteiger partial charge in [0.15, 0.2) is 0 Å². The maximum atomic E-state index is 3.38. The molecule has 2 nitrogen and oxygen atoms in total. The second-order valence-corrected chi connectivity index (χ2v) is 4.41. The Morgan fingerprint density at radius 2 is 2.14 bits per heavy atom. The smallest absolute Gasteiger partial charge is 0.0149 e. The van der Waals surface area contributed by atoms with Crippen LogP contribution >= 0.6 is 0 Å². The quantitative estimate of drug-likeness (QED) is 0.756. The summed E-state index contributed by atoms with van der Waals surface area (Å²) in [7, 11) is 2.08. The van der Waals surface area contributed by atoms with Crippen LogP contribution < -0.4 is 5.32 Å². The van der Waals surface area contributed by atoms with Crippen molar-refractivity contribution in [2.24, 2.45) is 5.92 Å². The molecular weight excluding hydrogens is 172 g/mol. The van der Waals surface area contributed by atoms with E-state index in [2.05, 4.69) is 29.5 Å². The van der Waals surface area contributed by atoms with Gasteiger partial charge in [0.1, 0.15) is 0 Å². The number of aromatic nitrogens is 1. The maximum Gasteiger partial charge on any atom is 0.0149 e. The van der Waals surface area contributed by atoms with Gasteiger partial charge >= 0.3 is 0 Å². The second-order valence-electron chi connectivity index (χ2n) is 4.41. The molecule has 0 bridgehead atoms. The molecule has 78 valence electrons. The Hall–Kier alpha value is -0.760. The van der Waals surface area contributed by atoms with Gasteiger partial charge < -0.3 is 10.3 Å². The molecule has 0 saturated heterocycles. The van der Waals surface area contributed by atoms with Gasteiger partial charge in [-0.15, -0.1) is 0 Å². The summed E-state index contributed by atoms with van der Waals surface area (Å²) in [6, 6.07) is 5.06. The summed E-state index contributed by atoms with van der Waals surface area (Å²) in [6.45, 7) is 0. The molecule has 0 unspecified atom stereocenters. The van der Waals surface area contributed by atoms with Crippen LogP contribution in [0.3, 0.4) is 0 Å². The van der Waals surface area contributed by atoms with Gasteiger partial charge in [-0.05, 0) is 57.2 Å². The molecule has 2 rings (SSSR count). The van der Waals surface area contributed by atoms with Crippen molar-refractivity contribution in [1.29, 1.82) is 0 Å². The molecule has 1 saturated carbocycles. The third-order valence-electron chi connectivity index (χ3n) is 3.43. The van der Waals surface area contributed by atoms with E-state index in [-0.39, 0.29) is 0 Å². The highest BCUT2D eigenvalue weighted by atomic mass is 14.9. The topological polar surface area (TPSA) is 27.8 Å². The zero-order chi connectivity index (χ0) is 9.80. The molecule has 1 aromatic rings. The Morgan fingerprint density at radius 1 is 1.36 bits per heavy atom. The molecule has 1 aliphatic rings. The van der Waals surface area contributed by atoms with E-state index in [1.54, 1.807) is 0 Å². The Kier molecular flexibility index (Phi) is 3.25. The molecule has 2 heteroatoms. The third kappa shape index (κ3) is 2.38. The summed E-state index contributed by atoms with van der Waals surface area (Å²) in [6.07, 6.45) is 8.72. The van der Waals surface area contributed by atoms with Crippen molar-refractivity contribution in [1.82, 2.24) is 10.3 Å². The van der Waals surface area contributed by atoms with Crippen LogP contribution in [0.25, 0.3) is 0 Å². The number of hydrogen-bond donors (Lipinski definition) is 2. The predicted molar refractivity (Wildman–Crippen MR) is 59.3 cm³/mol. The van der Waals surface area contributed by atoms with Crippen LogP contribution in [-0.2, 0) is 6.42 Å². The molecule has 1 fully saturated rings. The maximum absolute atomic E-state index is 3.38. The van der Waals surface area contributed by atoms with E-state index in [1.165, 1.54) is 37.8 Å². The Bertz CT molecular complexity index is 245. The summed E-state index contributed by atoms with van der Waals surface area (Å²) in [5.41, 5.74) is 1.40. The third-order valence-corrected chi connectivity index (χ3v) is 3.43. The lowest BCUT2D eigenvalue weighted by atomic mass is 9.83. The fraction of sp³-hybridized carbons (Fsp3) is 0.667. The second kappa shape index (κ2) is 4.65. The lowest BCUT2D eigenvalue weighted by molar-refractivity contribution is 0.299. The highest BCUT2D eigenvalue weighted by Crippen LogP contribution is 2.26. The molecule has 0 aliphatic heterocycles. The molecule has 0 amide bonds. The lowest BCUT2D eigenvalue weighted by Crippen LogP contribution is -2.30. The van der Waals surface area contributed by atoms with Crippen molar-refractivity contribution < 1.29 is 0 Å². The average molecular weight is 192 g/mol. The molecule has 0 atom stereocenters. The van der Waals surface area contributed by atoms with E-state index in [1.807, 2.05) is 6.20 Å². The van der Waals surface area contributed by atoms with Crippen LogP contribution in [0.15, 0.2) is 18.3 Å². The van der Waals surface area contributed by atoms with Crippen molar-refractivity contribution in [3.8, 4) is 0 Å². The standard InChI is InChI=1S/C12H20N2/c1-13-11-6-4-10(5-7-11)9-12-3-2-8-14-12/h2-3,8,10-11,13-14H,4-7,9H2,1H3. The molecule has 1 heterocycles. The monoisotopic (exact) mass is 192 g/mol. The number of hydrogen-bond acceptors (Lipinski definition) is 1. The lowest BCUT2D eigenvalue weighted by Gasteiger charge is -2.27. The van der Waals surface area contributed by atoms with Crippen molar-refractivity contribution >= 4 is 0 Å². The Labute approximate surface area is 86.1 Å². The fourth-order valence-electron chi connectivity index (χ4n) is 2.46. The van der Waals surface area contributed by atoms with E-state index in [4.69, 9.17) is 0 Å². The molecule has 0 spiro atoms. The number of nitrogens with one attached hydrogen (secondary N) is 2. The fourth-order valence-corrected chi connectivity index (χ4v) is 2.46. The number of aromatic amines is 1. The Morgan fingerprint density at radius 3 is 2.71 bits per heavy atom. The van der Waals surface area contributed by atoms with Crippen molar-refractivity contribution in [3.63, 3.8) is 0 Å². The van der Waals surface area contributed by atoms with Crippen LogP contribution in [0.4, 0.5) is 0 Å². The highest BCUT2D eigenvalue weighted by Gasteiger charge is 2.19. The van der Waals surface area contributed by atoms with Gasteiger partial charge in [0, 0.05) is 17.9 Å². The summed E-state index contributed by atoms with van der Waals surface area (Å²) in [4.78, 5) is 3.29. The minimum absolute atomic E-state index is 0.773. The van der Waals surface area contributed by atoms with Gasteiger partial charge in [0.2, 0.25) is 0 Å². The predicted octanol–water partition coefficient (Wildman–Crippen LogP) is 2.34. The summed E-state index contributed by atoms with van der Waals surface area (Å²) in [5.74, 6) is 0.901. The van der Waals surface area contributed by atoms with Crippen LogP contribution in [0.5, 0.6) is 0 Å². The zero-order valence-electron chi connectivity index (χ0n) is 8.92. The number of H-pyrrole nitrogens is 1. The largest absolute Gasteiger partial charge is 0.365 e. The van der Waals surface area contributed by atoms with Crippen LogP contribution in [0.2, 0.25) is 0 Å². The zero-order valence-corrected chi connectivity index (χ0v) is 8.92. The van der Waals surface area contributed by atoms with Crippen molar-refractivity contribution in [3.05, 3.63) is 24.0 Å². The van der Waals surface area contributed by atoms with Gasteiger partial charge in [-0.25, -0.2) is 0 Å².